The number of alkyl halides is 1. The van der Waals surface area contributed by atoms with Crippen molar-refractivity contribution >= 4 is 31.9 Å². The fraction of sp³-hybridized carbons (Fsp3) is 0.786. The Labute approximate surface area is 133 Å². The predicted octanol–water partition coefficient (Wildman–Crippen LogP) is 3.88. The molecule has 0 bridgehead atoms. The zero-order valence-corrected chi connectivity index (χ0v) is 15.0. The molecule has 1 atom stereocenters. The van der Waals surface area contributed by atoms with E-state index in [4.69, 9.17) is 0 Å². The molecule has 1 aliphatic heterocycles. The van der Waals surface area contributed by atoms with Crippen molar-refractivity contribution in [2.24, 2.45) is 7.05 Å². The molecule has 5 heteroatoms. The predicted molar refractivity (Wildman–Crippen MR) is 86.7 cm³/mol. The second-order valence-corrected chi connectivity index (χ2v) is 6.87. The molecule has 2 rings (SSSR count). The molecule has 108 valence electrons. The van der Waals surface area contributed by atoms with Gasteiger partial charge in [-0.2, -0.15) is 5.10 Å². The molecule has 0 spiro atoms. The van der Waals surface area contributed by atoms with E-state index >= 15 is 0 Å². The van der Waals surface area contributed by atoms with Crippen molar-refractivity contribution in [3.63, 3.8) is 0 Å². The third-order valence-corrected chi connectivity index (χ3v) is 5.42. The maximum Gasteiger partial charge on any atom is 0.0767 e. The molecule has 0 radical (unpaired) electrons. The zero-order valence-electron chi connectivity index (χ0n) is 11.8. The number of aromatic nitrogens is 2. The van der Waals surface area contributed by atoms with Gasteiger partial charge in [0.2, 0.25) is 0 Å². The molecule has 0 N–H and O–H groups in total. The van der Waals surface area contributed by atoms with E-state index < -0.39 is 0 Å². The van der Waals surface area contributed by atoms with Crippen molar-refractivity contribution in [3.05, 3.63) is 15.9 Å². The lowest BCUT2D eigenvalue weighted by atomic mass is 10.00. The summed E-state index contributed by atoms with van der Waals surface area (Å²) in [5.74, 6) is 0. The van der Waals surface area contributed by atoms with Gasteiger partial charge in [-0.25, -0.2) is 0 Å². The summed E-state index contributed by atoms with van der Waals surface area (Å²) in [6.07, 6.45) is 6.27. The Morgan fingerprint density at radius 2 is 2.16 bits per heavy atom. The first-order valence-electron chi connectivity index (χ1n) is 7.17. The first kappa shape index (κ1) is 15.5. The highest BCUT2D eigenvalue weighted by atomic mass is 79.9. The number of halogens is 2. The molecule has 1 aromatic heterocycles. The topological polar surface area (TPSA) is 21.1 Å². The van der Waals surface area contributed by atoms with Gasteiger partial charge in [-0.15, -0.1) is 0 Å². The first-order valence-corrected chi connectivity index (χ1v) is 9.09. The second-order valence-electron chi connectivity index (χ2n) is 5.28. The van der Waals surface area contributed by atoms with Crippen LogP contribution in [-0.2, 0) is 20.0 Å². The highest BCUT2D eigenvalue weighted by molar-refractivity contribution is 9.10. The lowest BCUT2D eigenvalue weighted by molar-refractivity contribution is 0.133. The third kappa shape index (κ3) is 3.61. The lowest BCUT2D eigenvalue weighted by Crippen LogP contribution is -2.39. The van der Waals surface area contributed by atoms with Crippen LogP contribution >= 0.6 is 31.9 Å². The Morgan fingerprint density at radius 1 is 1.37 bits per heavy atom. The van der Waals surface area contributed by atoms with Gasteiger partial charge >= 0.3 is 0 Å². The van der Waals surface area contributed by atoms with Gasteiger partial charge in [0.05, 0.1) is 15.9 Å². The number of rotatable bonds is 5. The molecule has 0 amide bonds. The van der Waals surface area contributed by atoms with Gasteiger partial charge in [-0.3, -0.25) is 9.58 Å². The van der Waals surface area contributed by atoms with Crippen LogP contribution in [0.3, 0.4) is 0 Å². The van der Waals surface area contributed by atoms with E-state index in [0.717, 1.165) is 24.3 Å². The van der Waals surface area contributed by atoms with Crippen molar-refractivity contribution < 1.29 is 0 Å². The summed E-state index contributed by atoms with van der Waals surface area (Å²) in [6.45, 7) is 4.39. The van der Waals surface area contributed by atoms with E-state index in [0.29, 0.717) is 0 Å². The molecule has 1 saturated heterocycles. The summed E-state index contributed by atoms with van der Waals surface area (Å²) in [7, 11) is 2.06. The molecule has 0 aliphatic carbocycles. The van der Waals surface area contributed by atoms with Gasteiger partial charge in [0.1, 0.15) is 0 Å². The molecule has 1 aliphatic rings. The number of nitrogens with zero attached hydrogens (tertiary/aromatic N) is 3. The average molecular weight is 393 g/mol. The van der Waals surface area contributed by atoms with E-state index in [1.165, 1.54) is 48.1 Å². The van der Waals surface area contributed by atoms with E-state index in [9.17, 15) is 0 Å². The van der Waals surface area contributed by atoms with Crippen LogP contribution < -0.4 is 0 Å². The van der Waals surface area contributed by atoms with E-state index in [1.54, 1.807) is 0 Å². The monoisotopic (exact) mass is 391 g/mol. The number of aryl methyl sites for hydroxylation is 2. The quantitative estimate of drug-likeness (QED) is 0.709. The zero-order chi connectivity index (χ0) is 13.8. The van der Waals surface area contributed by atoms with Gasteiger partial charge < -0.3 is 0 Å². The first-order chi connectivity index (χ1) is 9.17. The van der Waals surface area contributed by atoms with Gasteiger partial charge in [0.15, 0.2) is 0 Å². The lowest BCUT2D eigenvalue weighted by Gasteiger charge is -2.35. The smallest absolute Gasteiger partial charge is 0.0767 e. The van der Waals surface area contributed by atoms with Crippen LogP contribution in [-0.4, -0.2) is 32.6 Å². The summed E-state index contributed by atoms with van der Waals surface area (Å²) in [6, 6.07) is 0.722. The Bertz CT molecular complexity index is 415. The molecule has 0 saturated carbocycles. The number of piperidine rings is 1. The standard InChI is InChI=1S/C14H23Br2N3/c1-3-12-14(16)13(18(2)17-12)10-19-9-5-4-6-11(19)7-8-15/h11H,3-10H2,1-2H3. The summed E-state index contributed by atoms with van der Waals surface area (Å²) in [5.41, 5.74) is 2.49. The van der Waals surface area contributed by atoms with Crippen LogP contribution in [0.15, 0.2) is 4.47 Å². The van der Waals surface area contributed by atoms with Crippen LogP contribution in [0, 0.1) is 0 Å². The SMILES string of the molecule is CCc1nn(C)c(CN2CCCCC2CCBr)c1Br. The third-order valence-electron chi connectivity index (χ3n) is 4.05. The summed E-state index contributed by atoms with van der Waals surface area (Å²) in [5, 5.41) is 5.70. The molecule has 0 aromatic carbocycles. The van der Waals surface area contributed by atoms with Gasteiger partial charge in [-0.05, 0) is 48.2 Å². The Kier molecular flexibility index (Phi) is 5.90. The van der Waals surface area contributed by atoms with E-state index in [1.807, 2.05) is 4.68 Å². The van der Waals surface area contributed by atoms with Crippen molar-refractivity contribution in [1.82, 2.24) is 14.7 Å². The molecular weight excluding hydrogens is 370 g/mol. The molecule has 1 fully saturated rings. The van der Waals surface area contributed by atoms with Crippen LogP contribution in [0.4, 0.5) is 0 Å². The van der Waals surface area contributed by atoms with Crippen molar-refractivity contribution in [1.29, 1.82) is 0 Å². The average Bonchev–Trinajstić information content (AvgIpc) is 2.68. The van der Waals surface area contributed by atoms with Crippen LogP contribution in [0.1, 0.15) is 44.0 Å². The number of hydrogen-bond donors (Lipinski definition) is 0. The van der Waals surface area contributed by atoms with Crippen molar-refractivity contribution in [2.45, 2.75) is 51.6 Å². The Balaban J connectivity index is 2.12. The Hall–Kier alpha value is 0.130. The molecule has 19 heavy (non-hydrogen) atoms. The normalized spacial score (nSPS) is 20.9. The molecule has 3 nitrogen and oxygen atoms in total. The van der Waals surface area contributed by atoms with Gasteiger partial charge in [0.25, 0.3) is 0 Å². The fourth-order valence-electron chi connectivity index (χ4n) is 2.90. The summed E-state index contributed by atoms with van der Waals surface area (Å²) >= 11 is 7.32. The highest BCUT2D eigenvalue weighted by Gasteiger charge is 2.24. The fourth-order valence-corrected chi connectivity index (χ4v) is 4.18. The van der Waals surface area contributed by atoms with E-state index in [2.05, 4.69) is 55.8 Å². The van der Waals surface area contributed by atoms with Crippen LogP contribution in [0.25, 0.3) is 0 Å². The second kappa shape index (κ2) is 7.23. The molecule has 1 unspecified atom stereocenters. The summed E-state index contributed by atoms with van der Waals surface area (Å²) < 4.78 is 3.25. The molecular formula is C14H23Br2N3. The van der Waals surface area contributed by atoms with Crippen LogP contribution in [0.2, 0.25) is 0 Å². The number of hydrogen-bond acceptors (Lipinski definition) is 2. The molecule has 1 aromatic rings. The highest BCUT2D eigenvalue weighted by Crippen LogP contribution is 2.27. The largest absolute Gasteiger partial charge is 0.295 e. The van der Waals surface area contributed by atoms with Crippen molar-refractivity contribution in [3.8, 4) is 0 Å². The molecule has 2 heterocycles. The van der Waals surface area contributed by atoms with Crippen LogP contribution in [0.5, 0.6) is 0 Å². The minimum absolute atomic E-state index is 0.722. The maximum atomic E-state index is 4.60. The minimum atomic E-state index is 0.722. The van der Waals surface area contributed by atoms with Gasteiger partial charge in [0, 0.05) is 25.0 Å². The maximum absolute atomic E-state index is 4.60. The van der Waals surface area contributed by atoms with Crippen molar-refractivity contribution in [2.75, 3.05) is 11.9 Å². The van der Waals surface area contributed by atoms with Gasteiger partial charge in [-0.1, -0.05) is 29.3 Å². The summed E-state index contributed by atoms with van der Waals surface area (Å²) in [4.78, 5) is 2.63. The Morgan fingerprint density at radius 3 is 2.79 bits per heavy atom. The van der Waals surface area contributed by atoms with E-state index in [-0.39, 0.29) is 0 Å². The number of likely N-dealkylation sites (tertiary alicyclic amines) is 1. The minimum Gasteiger partial charge on any atom is -0.295 e.